The zero-order valence-electron chi connectivity index (χ0n) is 12.2. The normalized spacial score (nSPS) is 29.0. The van der Waals surface area contributed by atoms with E-state index in [9.17, 15) is 4.79 Å². The van der Waals surface area contributed by atoms with Crippen LogP contribution in [0.2, 0.25) is 0 Å². The summed E-state index contributed by atoms with van der Waals surface area (Å²) in [5.74, 6) is 0.780. The molecule has 0 bridgehead atoms. The first kappa shape index (κ1) is 14.3. The molecule has 1 aromatic rings. The van der Waals surface area contributed by atoms with E-state index in [0.29, 0.717) is 5.95 Å². The number of aromatic nitrogens is 2. The molecular weight excluding hydrogens is 266 g/mol. The molecule has 2 aliphatic rings. The van der Waals surface area contributed by atoms with Crippen molar-refractivity contribution in [1.82, 2.24) is 20.6 Å². The summed E-state index contributed by atoms with van der Waals surface area (Å²) in [5, 5.41) is 9.83. The minimum atomic E-state index is -0.0134. The fourth-order valence-corrected chi connectivity index (χ4v) is 3.21. The number of nitrogens with one attached hydrogen (secondary N) is 3. The first-order chi connectivity index (χ1) is 10.3. The van der Waals surface area contributed by atoms with Gasteiger partial charge >= 0.3 is 0 Å². The van der Waals surface area contributed by atoms with Gasteiger partial charge in [0.15, 0.2) is 0 Å². The predicted octanol–water partition coefficient (Wildman–Crippen LogP) is 1.07. The van der Waals surface area contributed by atoms with E-state index >= 15 is 0 Å². The highest BCUT2D eigenvalue weighted by atomic mass is 16.2. The van der Waals surface area contributed by atoms with Gasteiger partial charge in [0.25, 0.3) is 0 Å². The van der Waals surface area contributed by atoms with Crippen molar-refractivity contribution in [3.8, 4) is 0 Å². The average Bonchev–Trinajstić information content (AvgIpc) is 3.05. The van der Waals surface area contributed by atoms with Crippen molar-refractivity contribution >= 4 is 11.9 Å². The topological polar surface area (TPSA) is 78.9 Å². The largest absolute Gasteiger partial charge is 0.350 e. The lowest BCUT2D eigenvalue weighted by molar-refractivity contribution is -0.123. The molecule has 1 aliphatic carbocycles. The molecule has 6 nitrogen and oxygen atoms in total. The number of hydrogen-bond acceptors (Lipinski definition) is 5. The van der Waals surface area contributed by atoms with Gasteiger partial charge in [-0.3, -0.25) is 4.79 Å². The van der Waals surface area contributed by atoms with Crippen LogP contribution in [0, 0.1) is 0 Å². The molecule has 6 heteroatoms. The van der Waals surface area contributed by atoms with E-state index in [-0.39, 0.29) is 24.0 Å². The molecule has 0 spiro atoms. The number of carbonyl (C=O) groups excluding carboxylic acids is 1. The van der Waals surface area contributed by atoms with E-state index in [1.165, 1.54) is 6.42 Å². The third kappa shape index (κ3) is 3.69. The van der Waals surface area contributed by atoms with Crippen LogP contribution in [0.1, 0.15) is 38.5 Å². The Bertz CT molecular complexity index is 460. The Morgan fingerprint density at radius 3 is 2.57 bits per heavy atom. The van der Waals surface area contributed by atoms with Gasteiger partial charge in [-0.15, -0.1) is 0 Å². The Labute approximate surface area is 125 Å². The molecule has 1 saturated heterocycles. The summed E-state index contributed by atoms with van der Waals surface area (Å²) in [6, 6.07) is 2.17. The number of rotatable bonds is 4. The molecule has 1 unspecified atom stereocenters. The summed E-state index contributed by atoms with van der Waals surface area (Å²) in [6.07, 6.45) is 9.89. The molecule has 1 saturated carbocycles. The molecule has 1 aromatic heterocycles. The van der Waals surface area contributed by atoms with E-state index in [1.54, 1.807) is 18.5 Å². The molecule has 0 radical (unpaired) electrons. The van der Waals surface area contributed by atoms with Gasteiger partial charge in [-0.25, -0.2) is 9.97 Å². The quantitative estimate of drug-likeness (QED) is 0.772. The maximum atomic E-state index is 12.3. The summed E-state index contributed by atoms with van der Waals surface area (Å²) in [6.45, 7) is 0.947. The Balaban J connectivity index is 1.59. The van der Waals surface area contributed by atoms with Crippen LogP contribution >= 0.6 is 0 Å². The number of hydrogen-bond donors (Lipinski definition) is 3. The van der Waals surface area contributed by atoms with Crippen molar-refractivity contribution < 1.29 is 4.79 Å². The van der Waals surface area contributed by atoms with Crippen LogP contribution in [0.15, 0.2) is 18.5 Å². The van der Waals surface area contributed by atoms with Gasteiger partial charge in [0.2, 0.25) is 11.9 Å². The van der Waals surface area contributed by atoms with Crippen molar-refractivity contribution in [2.45, 2.75) is 56.7 Å². The third-order valence-electron chi connectivity index (χ3n) is 4.35. The maximum absolute atomic E-state index is 12.3. The van der Waals surface area contributed by atoms with Crippen LogP contribution < -0.4 is 16.0 Å². The van der Waals surface area contributed by atoms with Gasteiger partial charge in [-0.2, -0.15) is 0 Å². The molecule has 3 N–H and O–H groups in total. The van der Waals surface area contributed by atoms with Gasteiger partial charge in [-0.1, -0.05) is 12.8 Å². The van der Waals surface area contributed by atoms with Crippen molar-refractivity contribution in [3.05, 3.63) is 18.5 Å². The Morgan fingerprint density at radius 2 is 1.86 bits per heavy atom. The highest BCUT2D eigenvalue weighted by molar-refractivity contribution is 5.82. The van der Waals surface area contributed by atoms with Crippen LogP contribution in [0.4, 0.5) is 5.95 Å². The Kier molecular flexibility index (Phi) is 4.65. The zero-order chi connectivity index (χ0) is 14.5. The highest BCUT2D eigenvalue weighted by Gasteiger charge is 2.30. The van der Waals surface area contributed by atoms with Crippen LogP contribution in [-0.4, -0.2) is 40.5 Å². The van der Waals surface area contributed by atoms with Crippen molar-refractivity contribution in [1.29, 1.82) is 0 Å². The molecule has 114 valence electrons. The summed E-state index contributed by atoms with van der Waals surface area (Å²) in [7, 11) is 0. The van der Waals surface area contributed by atoms with Gasteiger partial charge in [0.1, 0.15) is 0 Å². The van der Waals surface area contributed by atoms with Crippen LogP contribution in [-0.2, 0) is 4.79 Å². The summed E-state index contributed by atoms with van der Waals surface area (Å²) in [5.41, 5.74) is 0. The lowest BCUT2D eigenvalue weighted by atomic mass is 9.90. The van der Waals surface area contributed by atoms with E-state index in [0.717, 1.165) is 38.6 Å². The fourth-order valence-electron chi connectivity index (χ4n) is 3.21. The summed E-state index contributed by atoms with van der Waals surface area (Å²) < 4.78 is 0. The second-order valence-electron chi connectivity index (χ2n) is 5.87. The summed E-state index contributed by atoms with van der Waals surface area (Å²) >= 11 is 0. The first-order valence-corrected chi connectivity index (χ1v) is 7.90. The monoisotopic (exact) mass is 289 g/mol. The molecule has 21 heavy (non-hydrogen) atoms. The molecular formula is C15H23N5O. The third-order valence-corrected chi connectivity index (χ3v) is 4.35. The van der Waals surface area contributed by atoms with E-state index in [1.807, 2.05) is 0 Å². The maximum Gasteiger partial charge on any atom is 0.237 e. The number of nitrogens with zero attached hydrogens (tertiary/aromatic N) is 2. The van der Waals surface area contributed by atoms with E-state index in [2.05, 4.69) is 25.9 Å². The van der Waals surface area contributed by atoms with E-state index < -0.39 is 0 Å². The van der Waals surface area contributed by atoms with E-state index in [4.69, 9.17) is 0 Å². The Morgan fingerprint density at radius 1 is 1.10 bits per heavy atom. The Hall–Kier alpha value is -1.69. The van der Waals surface area contributed by atoms with Gasteiger partial charge in [-0.05, 0) is 38.3 Å². The molecule has 1 amide bonds. The zero-order valence-corrected chi connectivity index (χ0v) is 12.2. The fraction of sp³-hybridized carbons (Fsp3) is 0.667. The number of amides is 1. The smallest absolute Gasteiger partial charge is 0.237 e. The standard InChI is InChI=1S/C15H23N5O/c21-14(13-7-3-8-16-13)19-11-5-1-2-6-12(11)20-15-17-9-4-10-18-15/h4,9-13,16H,1-3,5-8H2,(H,19,21)(H,17,18,20)/t11-,12-,13?/m0/s1. The van der Waals surface area contributed by atoms with Crippen molar-refractivity contribution in [2.24, 2.45) is 0 Å². The minimum Gasteiger partial charge on any atom is -0.350 e. The van der Waals surface area contributed by atoms with Crippen molar-refractivity contribution in [2.75, 3.05) is 11.9 Å². The lowest BCUT2D eigenvalue weighted by Crippen LogP contribution is -2.52. The van der Waals surface area contributed by atoms with Gasteiger partial charge < -0.3 is 16.0 Å². The predicted molar refractivity (Wildman–Crippen MR) is 80.9 cm³/mol. The molecule has 0 aromatic carbocycles. The molecule has 2 fully saturated rings. The van der Waals surface area contributed by atoms with Gasteiger partial charge in [0.05, 0.1) is 6.04 Å². The second kappa shape index (κ2) is 6.85. The van der Waals surface area contributed by atoms with Crippen LogP contribution in [0.25, 0.3) is 0 Å². The van der Waals surface area contributed by atoms with Crippen LogP contribution in [0.3, 0.4) is 0 Å². The highest BCUT2D eigenvalue weighted by Crippen LogP contribution is 2.21. The number of carbonyl (C=O) groups is 1. The molecule has 2 heterocycles. The average molecular weight is 289 g/mol. The van der Waals surface area contributed by atoms with Crippen LogP contribution in [0.5, 0.6) is 0 Å². The summed E-state index contributed by atoms with van der Waals surface area (Å²) in [4.78, 5) is 20.7. The van der Waals surface area contributed by atoms with Crippen molar-refractivity contribution in [3.63, 3.8) is 0 Å². The minimum absolute atomic E-state index is 0.0134. The first-order valence-electron chi connectivity index (χ1n) is 7.90. The molecule has 3 atom stereocenters. The second-order valence-corrected chi connectivity index (χ2v) is 5.87. The van der Waals surface area contributed by atoms with Gasteiger partial charge in [0, 0.05) is 24.5 Å². The molecule has 3 rings (SSSR count). The SMILES string of the molecule is O=C(N[C@H]1CCCC[C@@H]1Nc1ncccn1)C1CCCN1. The molecule has 1 aliphatic heterocycles. The lowest BCUT2D eigenvalue weighted by Gasteiger charge is -2.33. The number of anilines is 1.